The standard InChI is InChI=1S/C12H18O2/c1-11(2,14)9-6-12(3)5-4-8(9)10(13)7-12/h6,8,14H,4-5,7H2,1-3H3/t8-,12+/m0/s1. The van der Waals surface area contributed by atoms with Crippen LogP contribution in [0.5, 0.6) is 0 Å². The Labute approximate surface area is 85.0 Å². The lowest BCUT2D eigenvalue weighted by molar-refractivity contribution is -0.128. The lowest BCUT2D eigenvalue weighted by Gasteiger charge is -2.44. The summed E-state index contributed by atoms with van der Waals surface area (Å²) in [6.45, 7) is 5.67. The van der Waals surface area contributed by atoms with Crippen molar-refractivity contribution in [3.8, 4) is 0 Å². The van der Waals surface area contributed by atoms with Crippen LogP contribution < -0.4 is 0 Å². The number of carbonyl (C=O) groups is 1. The number of ketones is 1. The maximum atomic E-state index is 11.8. The summed E-state index contributed by atoms with van der Waals surface area (Å²) in [6.07, 6.45) is 4.81. The molecule has 1 fully saturated rings. The van der Waals surface area contributed by atoms with Gasteiger partial charge in [0.15, 0.2) is 0 Å². The van der Waals surface area contributed by atoms with Crippen LogP contribution in [0.25, 0.3) is 0 Å². The van der Waals surface area contributed by atoms with E-state index in [9.17, 15) is 9.90 Å². The molecule has 0 aliphatic heterocycles. The lowest BCUT2D eigenvalue weighted by atomic mass is 9.60. The molecule has 0 aromatic heterocycles. The Morgan fingerprint density at radius 2 is 2.21 bits per heavy atom. The summed E-state index contributed by atoms with van der Waals surface area (Å²) in [5.41, 5.74) is 0.131. The van der Waals surface area contributed by atoms with Crippen LogP contribution in [-0.4, -0.2) is 16.5 Å². The highest BCUT2D eigenvalue weighted by molar-refractivity contribution is 5.87. The number of aliphatic hydroxyl groups is 1. The molecular formula is C12H18O2. The van der Waals surface area contributed by atoms with Crippen LogP contribution in [0.4, 0.5) is 0 Å². The van der Waals surface area contributed by atoms with Crippen LogP contribution in [0.3, 0.4) is 0 Å². The van der Waals surface area contributed by atoms with Crippen LogP contribution in [-0.2, 0) is 4.79 Å². The zero-order valence-electron chi connectivity index (χ0n) is 9.13. The lowest BCUT2D eigenvalue weighted by Crippen LogP contribution is -2.43. The first-order chi connectivity index (χ1) is 6.32. The Balaban J connectivity index is 2.44. The van der Waals surface area contributed by atoms with Gasteiger partial charge in [-0.2, -0.15) is 0 Å². The van der Waals surface area contributed by atoms with Crippen molar-refractivity contribution in [2.24, 2.45) is 11.3 Å². The second-order valence-electron chi connectivity index (χ2n) is 5.55. The van der Waals surface area contributed by atoms with E-state index in [0.717, 1.165) is 18.4 Å². The van der Waals surface area contributed by atoms with Gasteiger partial charge in [0.05, 0.1) is 5.60 Å². The Morgan fingerprint density at radius 1 is 1.57 bits per heavy atom. The molecule has 0 radical (unpaired) electrons. The summed E-state index contributed by atoms with van der Waals surface area (Å²) in [6, 6.07) is 0. The first kappa shape index (κ1) is 9.91. The minimum absolute atomic E-state index is 0.00294. The summed E-state index contributed by atoms with van der Waals surface area (Å²) in [7, 11) is 0. The number of allylic oxidation sites excluding steroid dienone is 1. The minimum atomic E-state index is -0.831. The summed E-state index contributed by atoms with van der Waals surface area (Å²) < 4.78 is 0. The normalized spacial score (nSPS) is 37.3. The van der Waals surface area contributed by atoms with E-state index in [4.69, 9.17) is 0 Å². The third-order valence-corrected chi connectivity index (χ3v) is 3.56. The summed E-state index contributed by atoms with van der Waals surface area (Å²) in [5.74, 6) is 0.315. The molecule has 0 aromatic rings. The molecule has 0 spiro atoms. The van der Waals surface area contributed by atoms with Gasteiger partial charge in [-0.25, -0.2) is 0 Å². The highest BCUT2D eigenvalue weighted by atomic mass is 16.3. The molecule has 3 aliphatic carbocycles. The molecule has 2 heteroatoms. The molecule has 78 valence electrons. The molecule has 2 bridgehead atoms. The molecule has 0 heterocycles. The van der Waals surface area contributed by atoms with Gasteiger partial charge in [-0.05, 0) is 37.7 Å². The van der Waals surface area contributed by atoms with E-state index in [1.54, 1.807) is 13.8 Å². The van der Waals surface area contributed by atoms with Crippen LogP contribution in [0.1, 0.15) is 40.0 Å². The molecule has 0 unspecified atom stereocenters. The van der Waals surface area contributed by atoms with E-state index < -0.39 is 5.60 Å². The van der Waals surface area contributed by atoms with Gasteiger partial charge >= 0.3 is 0 Å². The van der Waals surface area contributed by atoms with Crippen molar-refractivity contribution in [3.63, 3.8) is 0 Å². The SMILES string of the molecule is CC(C)(O)C1=C[C@@]2(C)CC[C@@H]1C(=O)C2. The van der Waals surface area contributed by atoms with Crippen molar-refractivity contribution in [1.29, 1.82) is 0 Å². The second-order valence-corrected chi connectivity index (χ2v) is 5.55. The molecule has 2 atom stereocenters. The molecule has 0 aromatic carbocycles. The van der Waals surface area contributed by atoms with Crippen LogP contribution in [0, 0.1) is 11.3 Å². The van der Waals surface area contributed by atoms with Crippen molar-refractivity contribution in [3.05, 3.63) is 11.6 Å². The Hall–Kier alpha value is -0.630. The molecule has 0 saturated heterocycles. The quantitative estimate of drug-likeness (QED) is 0.649. The predicted molar refractivity (Wildman–Crippen MR) is 54.8 cm³/mol. The molecule has 14 heavy (non-hydrogen) atoms. The molecule has 0 amide bonds. The number of fused-ring (bicyclic) bond motifs is 2. The second kappa shape index (κ2) is 2.69. The largest absolute Gasteiger partial charge is 0.386 e. The molecular weight excluding hydrogens is 176 g/mol. The fraction of sp³-hybridized carbons (Fsp3) is 0.750. The van der Waals surface area contributed by atoms with Crippen molar-refractivity contribution in [2.75, 3.05) is 0 Å². The zero-order chi connectivity index (χ0) is 10.6. The highest BCUT2D eigenvalue weighted by Gasteiger charge is 2.45. The zero-order valence-corrected chi connectivity index (χ0v) is 9.13. The fourth-order valence-electron chi connectivity index (χ4n) is 2.78. The Bertz CT molecular complexity index is 309. The average Bonchev–Trinajstić information content (AvgIpc) is 2.00. The molecule has 1 N–H and O–H groups in total. The third-order valence-electron chi connectivity index (χ3n) is 3.56. The maximum absolute atomic E-state index is 11.8. The van der Waals surface area contributed by atoms with Crippen molar-refractivity contribution < 1.29 is 9.90 Å². The molecule has 3 rings (SSSR count). The van der Waals surface area contributed by atoms with E-state index in [1.165, 1.54) is 0 Å². The predicted octanol–water partition coefficient (Wildman–Crippen LogP) is 2.07. The van der Waals surface area contributed by atoms with Crippen LogP contribution in [0.2, 0.25) is 0 Å². The molecule has 2 nitrogen and oxygen atoms in total. The highest BCUT2D eigenvalue weighted by Crippen LogP contribution is 2.49. The van der Waals surface area contributed by atoms with E-state index in [1.807, 2.05) is 0 Å². The molecule has 3 aliphatic rings. The number of carbonyl (C=O) groups excluding carboxylic acids is 1. The van der Waals surface area contributed by atoms with Gasteiger partial charge in [0.25, 0.3) is 0 Å². The van der Waals surface area contributed by atoms with Gasteiger partial charge < -0.3 is 5.11 Å². The third kappa shape index (κ3) is 1.42. The first-order valence-corrected chi connectivity index (χ1v) is 5.30. The van der Waals surface area contributed by atoms with E-state index in [0.29, 0.717) is 12.2 Å². The van der Waals surface area contributed by atoms with Crippen LogP contribution >= 0.6 is 0 Å². The summed E-state index contributed by atoms with van der Waals surface area (Å²) in [4.78, 5) is 11.8. The summed E-state index contributed by atoms with van der Waals surface area (Å²) in [5, 5.41) is 9.98. The smallest absolute Gasteiger partial charge is 0.140 e. The average molecular weight is 194 g/mol. The number of hydrogen-bond acceptors (Lipinski definition) is 2. The Morgan fingerprint density at radius 3 is 2.64 bits per heavy atom. The number of Topliss-reactive ketones (excluding diaryl/α,β-unsaturated/α-hetero) is 1. The van der Waals surface area contributed by atoms with Gasteiger partial charge in [0, 0.05) is 12.3 Å². The number of hydrogen-bond donors (Lipinski definition) is 1. The summed E-state index contributed by atoms with van der Waals surface area (Å²) >= 11 is 0. The maximum Gasteiger partial charge on any atom is 0.140 e. The van der Waals surface area contributed by atoms with Gasteiger partial charge in [-0.1, -0.05) is 13.0 Å². The van der Waals surface area contributed by atoms with Crippen molar-refractivity contribution >= 4 is 5.78 Å². The van der Waals surface area contributed by atoms with Gasteiger partial charge in [0.1, 0.15) is 5.78 Å². The van der Waals surface area contributed by atoms with Gasteiger partial charge in [-0.3, -0.25) is 4.79 Å². The first-order valence-electron chi connectivity index (χ1n) is 5.30. The van der Waals surface area contributed by atoms with E-state index >= 15 is 0 Å². The number of rotatable bonds is 1. The van der Waals surface area contributed by atoms with E-state index in [2.05, 4.69) is 13.0 Å². The van der Waals surface area contributed by atoms with Gasteiger partial charge in [0.2, 0.25) is 0 Å². The van der Waals surface area contributed by atoms with Crippen LogP contribution in [0.15, 0.2) is 11.6 Å². The van der Waals surface area contributed by atoms with Gasteiger partial charge in [-0.15, -0.1) is 0 Å². The molecule has 1 saturated carbocycles. The fourth-order valence-corrected chi connectivity index (χ4v) is 2.78. The van der Waals surface area contributed by atoms with E-state index in [-0.39, 0.29) is 11.3 Å². The Kier molecular flexibility index (Phi) is 1.91. The monoisotopic (exact) mass is 194 g/mol. The topological polar surface area (TPSA) is 37.3 Å². The minimum Gasteiger partial charge on any atom is -0.386 e. The van der Waals surface area contributed by atoms with Crippen molar-refractivity contribution in [2.45, 2.75) is 45.6 Å². The van der Waals surface area contributed by atoms with Crippen molar-refractivity contribution in [1.82, 2.24) is 0 Å².